The van der Waals surface area contributed by atoms with Crippen LogP contribution in [-0.4, -0.2) is 30.5 Å². The van der Waals surface area contributed by atoms with Crippen molar-refractivity contribution in [3.8, 4) is 28.4 Å². The van der Waals surface area contributed by atoms with Gasteiger partial charge in [0.2, 0.25) is 0 Å². The Kier molecular flexibility index (Phi) is 3.84. The van der Waals surface area contributed by atoms with Crippen LogP contribution < -0.4 is 14.8 Å². The van der Waals surface area contributed by atoms with E-state index in [4.69, 9.17) is 14.6 Å². The maximum absolute atomic E-state index is 5.56. The zero-order valence-electron chi connectivity index (χ0n) is 14.7. The molecule has 0 unspecified atom stereocenters. The first-order chi connectivity index (χ1) is 12.2. The predicted molar refractivity (Wildman–Crippen MR) is 99.0 cm³/mol. The van der Waals surface area contributed by atoms with Gasteiger partial charge in [-0.25, -0.2) is 4.68 Å². The molecule has 1 N–H and O–H groups in total. The van der Waals surface area contributed by atoms with Crippen molar-refractivity contribution in [3.63, 3.8) is 0 Å². The van der Waals surface area contributed by atoms with E-state index >= 15 is 0 Å². The maximum Gasteiger partial charge on any atom is 0.133 e. The van der Waals surface area contributed by atoms with Crippen molar-refractivity contribution in [3.05, 3.63) is 53.6 Å². The zero-order valence-corrected chi connectivity index (χ0v) is 14.7. The minimum absolute atomic E-state index is 0.792. The van der Waals surface area contributed by atoms with Gasteiger partial charge in [-0.1, -0.05) is 17.7 Å². The SMILES string of the molecule is COc1ccc(OC)c(-c2nn(-c3ccc(C)cc3)c3c2CCN3)c1. The number of aromatic nitrogens is 2. The van der Waals surface area contributed by atoms with E-state index in [0.717, 1.165) is 47.2 Å². The number of hydrogen-bond donors (Lipinski definition) is 1. The molecule has 0 bridgehead atoms. The van der Waals surface area contributed by atoms with Gasteiger partial charge in [0.15, 0.2) is 0 Å². The van der Waals surface area contributed by atoms with Crippen LogP contribution >= 0.6 is 0 Å². The molecule has 4 rings (SSSR count). The first-order valence-electron chi connectivity index (χ1n) is 8.36. The summed E-state index contributed by atoms with van der Waals surface area (Å²) in [7, 11) is 3.35. The van der Waals surface area contributed by atoms with E-state index in [1.165, 1.54) is 11.1 Å². The van der Waals surface area contributed by atoms with Crippen molar-refractivity contribution in [2.45, 2.75) is 13.3 Å². The Balaban J connectivity index is 1.90. The summed E-state index contributed by atoms with van der Waals surface area (Å²) in [6.07, 6.45) is 0.941. The molecule has 25 heavy (non-hydrogen) atoms. The second-order valence-electron chi connectivity index (χ2n) is 6.17. The summed E-state index contributed by atoms with van der Waals surface area (Å²) in [6, 6.07) is 14.2. The third-order valence-corrected chi connectivity index (χ3v) is 4.59. The number of fused-ring (bicyclic) bond motifs is 1. The highest BCUT2D eigenvalue weighted by Crippen LogP contribution is 2.40. The molecule has 0 saturated heterocycles. The van der Waals surface area contributed by atoms with E-state index in [9.17, 15) is 0 Å². The number of rotatable bonds is 4. The Morgan fingerprint density at radius 3 is 2.56 bits per heavy atom. The number of hydrogen-bond acceptors (Lipinski definition) is 4. The Labute approximate surface area is 147 Å². The second-order valence-corrected chi connectivity index (χ2v) is 6.17. The van der Waals surface area contributed by atoms with Crippen LogP contribution in [0.5, 0.6) is 11.5 Å². The third-order valence-electron chi connectivity index (χ3n) is 4.59. The van der Waals surface area contributed by atoms with Crippen LogP contribution in [0.2, 0.25) is 0 Å². The van der Waals surface area contributed by atoms with E-state index in [2.05, 4.69) is 36.5 Å². The lowest BCUT2D eigenvalue weighted by Gasteiger charge is -2.10. The number of aryl methyl sites for hydroxylation is 1. The van der Waals surface area contributed by atoms with Crippen molar-refractivity contribution in [1.82, 2.24) is 9.78 Å². The smallest absolute Gasteiger partial charge is 0.133 e. The zero-order chi connectivity index (χ0) is 17.4. The highest BCUT2D eigenvalue weighted by Gasteiger charge is 2.25. The summed E-state index contributed by atoms with van der Waals surface area (Å²) in [5, 5.41) is 8.37. The number of nitrogens with one attached hydrogen (secondary N) is 1. The largest absolute Gasteiger partial charge is 0.497 e. The van der Waals surface area contributed by atoms with Gasteiger partial charge in [-0.2, -0.15) is 5.10 Å². The molecule has 5 heteroatoms. The molecule has 3 aromatic rings. The van der Waals surface area contributed by atoms with Gasteiger partial charge in [-0.15, -0.1) is 0 Å². The minimum atomic E-state index is 0.792. The Morgan fingerprint density at radius 2 is 1.84 bits per heavy atom. The van der Waals surface area contributed by atoms with E-state index in [0.29, 0.717) is 0 Å². The number of ether oxygens (including phenoxy) is 2. The van der Waals surface area contributed by atoms with Gasteiger partial charge in [0.05, 0.1) is 19.9 Å². The van der Waals surface area contributed by atoms with Crippen LogP contribution in [0.4, 0.5) is 5.82 Å². The topological polar surface area (TPSA) is 48.3 Å². The molecule has 0 saturated carbocycles. The predicted octanol–water partition coefficient (Wildman–Crippen LogP) is 3.83. The van der Waals surface area contributed by atoms with Gasteiger partial charge in [-0.3, -0.25) is 0 Å². The molecule has 0 fully saturated rings. The molecule has 0 amide bonds. The van der Waals surface area contributed by atoms with Crippen LogP contribution in [0, 0.1) is 6.92 Å². The molecule has 5 nitrogen and oxygen atoms in total. The highest BCUT2D eigenvalue weighted by molar-refractivity contribution is 5.77. The van der Waals surface area contributed by atoms with Gasteiger partial charge in [0.1, 0.15) is 23.0 Å². The molecule has 0 radical (unpaired) electrons. The van der Waals surface area contributed by atoms with Crippen LogP contribution in [0.3, 0.4) is 0 Å². The normalized spacial score (nSPS) is 12.6. The molecular formula is C20H21N3O2. The molecule has 0 spiro atoms. The summed E-state index contributed by atoms with van der Waals surface area (Å²) in [5.74, 6) is 2.65. The van der Waals surface area contributed by atoms with Gasteiger partial charge < -0.3 is 14.8 Å². The van der Waals surface area contributed by atoms with Crippen molar-refractivity contribution in [2.24, 2.45) is 0 Å². The van der Waals surface area contributed by atoms with Gasteiger partial charge in [-0.05, 0) is 43.7 Å². The molecule has 0 atom stereocenters. The van der Waals surface area contributed by atoms with Crippen LogP contribution in [-0.2, 0) is 6.42 Å². The first-order valence-corrected chi connectivity index (χ1v) is 8.36. The molecule has 1 aliphatic rings. The molecule has 128 valence electrons. The van der Waals surface area contributed by atoms with E-state index in [-0.39, 0.29) is 0 Å². The Hall–Kier alpha value is -2.95. The summed E-state index contributed by atoms with van der Waals surface area (Å²) in [6.45, 7) is 3.00. The standard InChI is InChI=1S/C20H21N3O2/c1-13-4-6-14(7-5-13)23-20-16(10-11-21-20)19(22-23)17-12-15(24-2)8-9-18(17)25-3/h4-9,12,21H,10-11H2,1-3H3. The number of nitrogens with zero attached hydrogens (tertiary/aromatic N) is 2. The molecule has 0 aliphatic carbocycles. The second kappa shape index (κ2) is 6.16. The van der Waals surface area contributed by atoms with E-state index in [1.807, 2.05) is 22.9 Å². The summed E-state index contributed by atoms with van der Waals surface area (Å²) in [4.78, 5) is 0. The van der Waals surface area contributed by atoms with Gasteiger partial charge in [0.25, 0.3) is 0 Å². The number of anilines is 1. The third kappa shape index (κ3) is 2.61. The summed E-state index contributed by atoms with van der Waals surface area (Å²) in [5.41, 5.74) is 5.38. The van der Waals surface area contributed by atoms with Crippen LogP contribution in [0.15, 0.2) is 42.5 Å². The minimum Gasteiger partial charge on any atom is -0.497 e. The molecule has 2 heterocycles. The lowest BCUT2D eigenvalue weighted by Crippen LogP contribution is -2.04. The lowest BCUT2D eigenvalue weighted by molar-refractivity contribution is 0.404. The maximum atomic E-state index is 5.56. The Bertz CT molecular complexity index is 913. The molecular weight excluding hydrogens is 314 g/mol. The monoisotopic (exact) mass is 335 g/mol. The lowest BCUT2D eigenvalue weighted by atomic mass is 10.1. The fourth-order valence-corrected chi connectivity index (χ4v) is 3.26. The van der Waals surface area contributed by atoms with E-state index < -0.39 is 0 Å². The first kappa shape index (κ1) is 15.6. The number of methoxy groups -OCH3 is 2. The molecule has 1 aliphatic heterocycles. The van der Waals surface area contributed by atoms with E-state index in [1.54, 1.807) is 14.2 Å². The quantitative estimate of drug-likeness (QED) is 0.787. The highest BCUT2D eigenvalue weighted by atomic mass is 16.5. The average Bonchev–Trinajstić information content (AvgIpc) is 3.24. The Morgan fingerprint density at radius 1 is 1.04 bits per heavy atom. The summed E-state index contributed by atoms with van der Waals surface area (Å²) < 4.78 is 12.9. The van der Waals surface area contributed by atoms with Crippen LogP contribution in [0.25, 0.3) is 16.9 Å². The van der Waals surface area contributed by atoms with Crippen molar-refractivity contribution in [2.75, 3.05) is 26.1 Å². The fraction of sp³-hybridized carbons (Fsp3) is 0.250. The van der Waals surface area contributed by atoms with Gasteiger partial charge in [0, 0.05) is 17.7 Å². The fourth-order valence-electron chi connectivity index (χ4n) is 3.26. The van der Waals surface area contributed by atoms with Crippen molar-refractivity contribution in [1.29, 1.82) is 0 Å². The van der Waals surface area contributed by atoms with Crippen molar-refractivity contribution >= 4 is 5.82 Å². The van der Waals surface area contributed by atoms with Gasteiger partial charge >= 0.3 is 0 Å². The summed E-state index contributed by atoms with van der Waals surface area (Å²) >= 11 is 0. The van der Waals surface area contributed by atoms with Crippen molar-refractivity contribution < 1.29 is 9.47 Å². The molecule has 2 aromatic carbocycles. The molecule has 1 aromatic heterocycles. The average molecular weight is 335 g/mol. The van der Waals surface area contributed by atoms with Crippen LogP contribution in [0.1, 0.15) is 11.1 Å². The number of benzene rings is 2.